The second kappa shape index (κ2) is 9.03. The molecule has 0 fully saturated rings. The molecule has 0 aliphatic heterocycles. The third kappa shape index (κ3) is 32.5. The van der Waals surface area contributed by atoms with E-state index < -0.39 is 0 Å². The minimum atomic E-state index is 0.796. The Balaban J connectivity index is 0. The van der Waals surface area contributed by atoms with Crippen LogP contribution in [-0.2, 0) is 0 Å². The van der Waals surface area contributed by atoms with E-state index in [0.717, 1.165) is 5.57 Å². The Bertz CT molecular complexity index is 57.1. The van der Waals surface area contributed by atoms with Crippen molar-refractivity contribution in [2.75, 3.05) is 7.05 Å². The van der Waals surface area contributed by atoms with E-state index in [1.807, 2.05) is 0 Å². The fraction of sp³-hybridized carbons (Fsp3) is 0.400. The molecule has 0 saturated carbocycles. The lowest BCUT2D eigenvalue weighted by molar-refractivity contribution is 1.48. The number of hydrogen-bond donors (Lipinski definition) is 2. The molecule has 0 aliphatic rings. The predicted molar refractivity (Wildman–Crippen MR) is 33.7 cm³/mol. The van der Waals surface area contributed by atoms with E-state index in [1.54, 1.807) is 6.92 Å². The van der Waals surface area contributed by atoms with Crippen LogP contribution in [0.15, 0.2) is 12.2 Å². The summed E-state index contributed by atoms with van der Waals surface area (Å²) in [5.41, 5.74) is 5.30. The quantitative estimate of drug-likeness (QED) is 0.470. The van der Waals surface area contributed by atoms with Crippen LogP contribution in [0.3, 0.4) is 0 Å². The van der Waals surface area contributed by atoms with E-state index in [2.05, 4.69) is 12.3 Å². The van der Waals surface area contributed by atoms with Crippen LogP contribution in [-0.4, -0.2) is 13.3 Å². The average molecular weight is 100 g/mol. The van der Waals surface area contributed by atoms with Gasteiger partial charge < -0.3 is 11.1 Å². The van der Waals surface area contributed by atoms with Crippen LogP contribution < -0.4 is 5.73 Å². The maximum absolute atomic E-state index is 6.43. The van der Waals surface area contributed by atoms with Crippen LogP contribution in [0.5, 0.6) is 0 Å². The molecule has 0 aromatic carbocycles. The minimum Gasteiger partial charge on any atom is -0.333 e. The van der Waals surface area contributed by atoms with Gasteiger partial charge in [0, 0.05) is 6.21 Å². The van der Waals surface area contributed by atoms with Crippen molar-refractivity contribution < 1.29 is 0 Å². The molecule has 2 nitrogen and oxygen atoms in total. The highest BCUT2D eigenvalue weighted by molar-refractivity contribution is 5.73. The SMILES string of the molecule is C=C(C)C=N.CN. The summed E-state index contributed by atoms with van der Waals surface area (Å²) in [6.07, 6.45) is 1.22. The van der Waals surface area contributed by atoms with E-state index >= 15 is 0 Å². The summed E-state index contributed by atoms with van der Waals surface area (Å²) < 4.78 is 0. The lowest BCUT2D eigenvalue weighted by atomic mass is 10.4. The molecule has 0 aliphatic carbocycles. The molecule has 7 heavy (non-hydrogen) atoms. The van der Waals surface area contributed by atoms with E-state index in [1.165, 1.54) is 13.3 Å². The van der Waals surface area contributed by atoms with Crippen molar-refractivity contribution in [3.05, 3.63) is 12.2 Å². The third-order valence-corrected chi connectivity index (χ3v) is 0.246. The van der Waals surface area contributed by atoms with Crippen molar-refractivity contribution in [1.29, 1.82) is 5.41 Å². The van der Waals surface area contributed by atoms with Gasteiger partial charge >= 0.3 is 0 Å². The van der Waals surface area contributed by atoms with E-state index in [4.69, 9.17) is 5.41 Å². The highest BCUT2D eigenvalue weighted by Gasteiger charge is 1.61. The van der Waals surface area contributed by atoms with Crippen LogP contribution in [0, 0.1) is 5.41 Å². The zero-order valence-corrected chi connectivity index (χ0v) is 4.86. The monoisotopic (exact) mass is 100 g/mol. The number of rotatable bonds is 1. The van der Waals surface area contributed by atoms with Crippen LogP contribution in [0.4, 0.5) is 0 Å². The maximum Gasteiger partial charge on any atom is 0.0201 e. The maximum atomic E-state index is 6.43. The lowest BCUT2D eigenvalue weighted by Gasteiger charge is -1.69. The molecule has 0 bridgehead atoms. The van der Waals surface area contributed by atoms with E-state index in [-0.39, 0.29) is 0 Å². The molecule has 2 heteroatoms. The number of nitrogens with one attached hydrogen (secondary N) is 1. The Hall–Kier alpha value is -0.630. The van der Waals surface area contributed by atoms with Gasteiger partial charge in [0.25, 0.3) is 0 Å². The Kier molecular flexibility index (Phi) is 12.4. The molecule has 0 aromatic heterocycles. The summed E-state index contributed by atoms with van der Waals surface area (Å²) >= 11 is 0. The van der Waals surface area contributed by atoms with Gasteiger partial charge in [-0.25, -0.2) is 0 Å². The fourth-order valence-electron chi connectivity index (χ4n) is 0. The first-order chi connectivity index (χ1) is 3.27. The predicted octanol–water partition coefficient (Wildman–Crippen LogP) is 0.787. The van der Waals surface area contributed by atoms with Crippen molar-refractivity contribution in [1.82, 2.24) is 0 Å². The van der Waals surface area contributed by atoms with Gasteiger partial charge in [0.15, 0.2) is 0 Å². The second-order valence-electron chi connectivity index (χ2n) is 0.991. The molecular formula is C5H12N2. The van der Waals surface area contributed by atoms with Gasteiger partial charge in [-0.2, -0.15) is 0 Å². The van der Waals surface area contributed by atoms with Gasteiger partial charge in [-0.3, -0.25) is 0 Å². The molecule has 42 valence electrons. The first kappa shape index (κ1) is 9.62. The first-order valence-corrected chi connectivity index (χ1v) is 2.01. The van der Waals surface area contributed by atoms with Crippen LogP contribution in [0.1, 0.15) is 6.92 Å². The molecular weight excluding hydrogens is 88.1 g/mol. The normalized spacial score (nSPS) is 5.57. The lowest BCUT2D eigenvalue weighted by Crippen LogP contribution is -1.69. The Morgan fingerprint density at radius 3 is 1.86 bits per heavy atom. The van der Waals surface area contributed by atoms with Gasteiger partial charge in [-0.05, 0) is 19.5 Å². The van der Waals surface area contributed by atoms with Crippen molar-refractivity contribution in [3.63, 3.8) is 0 Å². The summed E-state index contributed by atoms with van der Waals surface area (Å²) in [6.45, 7) is 5.22. The molecule has 0 radical (unpaired) electrons. The highest BCUT2D eigenvalue weighted by atomic mass is 14.4. The molecule has 0 atom stereocenters. The van der Waals surface area contributed by atoms with Gasteiger partial charge in [-0.1, -0.05) is 6.58 Å². The van der Waals surface area contributed by atoms with E-state index in [0.29, 0.717) is 0 Å². The molecule has 0 rings (SSSR count). The molecule has 0 spiro atoms. The fourth-order valence-corrected chi connectivity index (χ4v) is 0. The molecule has 0 heterocycles. The zero-order chi connectivity index (χ0) is 6.28. The first-order valence-electron chi connectivity index (χ1n) is 2.01. The summed E-state index contributed by atoms with van der Waals surface area (Å²) in [4.78, 5) is 0. The van der Waals surface area contributed by atoms with Gasteiger partial charge in [0.05, 0.1) is 0 Å². The smallest absolute Gasteiger partial charge is 0.0201 e. The van der Waals surface area contributed by atoms with Crippen LogP contribution in [0.25, 0.3) is 0 Å². The van der Waals surface area contributed by atoms with Gasteiger partial charge in [0.1, 0.15) is 0 Å². The largest absolute Gasteiger partial charge is 0.333 e. The standard InChI is InChI=1S/C4H7N.CH5N/c1-4(2)3-5;1-2/h3,5H,1H2,2H3;2H2,1H3. The van der Waals surface area contributed by atoms with Crippen molar-refractivity contribution in [3.8, 4) is 0 Å². The number of hydrogen-bond acceptors (Lipinski definition) is 2. The van der Waals surface area contributed by atoms with Crippen LogP contribution >= 0.6 is 0 Å². The molecule has 0 aromatic rings. The van der Waals surface area contributed by atoms with Crippen LogP contribution in [0.2, 0.25) is 0 Å². The summed E-state index contributed by atoms with van der Waals surface area (Å²) in [5.74, 6) is 0. The second-order valence-corrected chi connectivity index (χ2v) is 0.991. The highest BCUT2D eigenvalue weighted by Crippen LogP contribution is 1.71. The Morgan fingerprint density at radius 1 is 1.71 bits per heavy atom. The van der Waals surface area contributed by atoms with Gasteiger partial charge in [-0.15, -0.1) is 0 Å². The summed E-state index contributed by atoms with van der Waals surface area (Å²) in [7, 11) is 1.50. The number of nitrogens with two attached hydrogens (primary N) is 1. The van der Waals surface area contributed by atoms with E-state index in [9.17, 15) is 0 Å². The molecule has 0 amide bonds. The molecule has 0 unspecified atom stereocenters. The molecule has 3 N–H and O–H groups in total. The minimum absolute atomic E-state index is 0.796. The Labute approximate surface area is 44.5 Å². The third-order valence-electron chi connectivity index (χ3n) is 0.246. The summed E-state index contributed by atoms with van der Waals surface area (Å²) in [5, 5.41) is 6.43. The van der Waals surface area contributed by atoms with Crippen molar-refractivity contribution >= 4 is 6.21 Å². The van der Waals surface area contributed by atoms with Crippen molar-refractivity contribution in [2.45, 2.75) is 6.92 Å². The summed E-state index contributed by atoms with van der Waals surface area (Å²) in [6, 6.07) is 0. The van der Waals surface area contributed by atoms with Crippen molar-refractivity contribution in [2.24, 2.45) is 5.73 Å². The average Bonchev–Trinajstić information content (AvgIpc) is 1.73. The molecule has 0 saturated heterocycles. The Morgan fingerprint density at radius 2 is 1.86 bits per heavy atom. The number of allylic oxidation sites excluding steroid dienone is 1. The van der Waals surface area contributed by atoms with Gasteiger partial charge in [0.2, 0.25) is 0 Å². The topological polar surface area (TPSA) is 49.9 Å². The zero-order valence-electron chi connectivity index (χ0n) is 4.86.